The maximum atomic E-state index is 12.4. The van der Waals surface area contributed by atoms with Crippen molar-refractivity contribution in [3.05, 3.63) is 11.7 Å². The van der Waals surface area contributed by atoms with Gasteiger partial charge in [-0.2, -0.15) is 4.98 Å². The van der Waals surface area contributed by atoms with Crippen LogP contribution in [0.15, 0.2) is 4.52 Å². The number of nitrogens with one attached hydrogen (secondary N) is 1. The van der Waals surface area contributed by atoms with E-state index in [9.17, 15) is 4.79 Å². The van der Waals surface area contributed by atoms with Gasteiger partial charge in [0.25, 0.3) is 0 Å². The van der Waals surface area contributed by atoms with E-state index in [2.05, 4.69) is 15.5 Å². The Hall–Kier alpha value is -1.47. The van der Waals surface area contributed by atoms with Gasteiger partial charge in [0.2, 0.25) is 11.8 Å². The zero-order valence-corrected chi connectivity index (χ0v) is 14.3. The summed E-state index contributed by atoms with van der Waals surface area (Å²) < 4.78 is 16.5. The molecule has 1 atom stereocenters. The van der Waals surface area contributed by atoms with Gasteiger partial charge in [-0.05, 0) is 38.5 Å². The molecule has 1 saturated carbocycles. The van der Waals surface area contributed by atoms with Crippen LogP contribution in [-0.4, -0.2) is 42.0 Å². The summed E-state index contributed by atoms with van der Waals surface area (Å²) in [5.41, 5.74) is 0. The average Bonchev–Trinajstić information content (AvgIpc) is 3.05. The van der Waals surface area contributed by atoms with E-state index < -0.39 is 0 Å². The summed E-state index contributed by atoms with van der Waals surface area (Å²) in [5, 5.41) is 6.90. The van der Waals surface area contributed by atoms with E-state index in [-0.39, 0.29) is 30.6 Å². The summed E-state index contributed by atoms with van der Waals surface area (Å²) in [6, 6.07) is -0.266. The lowest BCUT2D eigenvalue weighted by atomic mass is 9.91. The van der Waals surface area contributed by atoms with Gasteiger partial charge in [-0.25, -0.2) is 0 Å². The highest BCUT2D eigenvalue weighted by molar-refractivity contribution is 5.77. The molecule has 1 saturated heterocycles. The average molecular weight is 337 g/mol. The van der Waals surface area contributed by atoms with E-state index in [1.807, 2.05) is 0 Å². The van der Waals surface area contributed by atoms with Crippen molar-refractivity contribution in [2.45, 2.75) is 64.0 Å². The summed E-state index contributed by atoms with van der Waals surface area (Å²) in [4.78, 5) is 16.7. The van der Waals surface area contributed by atoms with E-state index >= 15 is 0 Å². The zero-order valence-electron chi connectivity index (χ0n) is 14.3. The van der Waals surface area contributed by atoms with Crippen LogP contribution in [0, 0.1) is 12.8 Å². The normalized spacial score (nSPS) is 21.5. The van der Waals surface area contributed by atoms with Gasteiger partial charge in [-0.1, -0.05) is 24.4 Å². The number of hydrogen-bond donors (Lipinski definition) is 1. The second-order valence-corrected chi connectivity index (χ2v) is 6.75. The van der Waals surface area contributed by atoms with Crippen molar-refractivity contribution < 1.29 is 18.8 Å². The SMILES string of the molecule is Cc1noc(C(NC(=O)COC2CCCCC2)C2CCOCC2)n1. The Labute approximate surface area is 142 Å². The molecule has 1 N–H and O–H groups in total. The third-order valence-electron chi connectivity index (χ3n) is 4.87. The molecule has 1 aromatic heterocycles. The van der Waals surface area contributed by atoms with Gasteiger partial charge in [-0.3, -0.25) is 4.79 Å². The minimum absolute atomic E-state index is 0.0947. The molecule has 2 heterocycles. The molecule has 0 bridgehead atoms. The molecule has 1 aromatic rings. The first-order valence-corrected chi connectivity index (χ1v) is 9.01. The number of aryl methyl sites for hydroxylation is 1. The molecule has 1 aliphatic carbocycles. The minimum Gasteiger partial charge on any atom is -0.381 e. The number of hydrogen-bond acceptors (Lipinski definition) is 6. The van der Waals surface area contributed by atoms with Crippen molar-refractivity contribution in [3.8, 4) is 0 Å². The molecular formula is C17H27N3O4. The molecule has 0 spiro atoms. The lowest BCUT2D eigenvalue weighted by Gasteiger charge is -2.29. The van der Waals surface area contributed by atoms with Crippen LogP contribution >= 0.6 is 0 Å². The summed E-state index contributed by atoms with van der Waals surface area (Å²) in [7, 11) is 0. The predicted molar refractivity (Wildman–Crippen MR) is 86.3 cm³/mol. The summed E-state index contributed by atoms with van der Waals surface area (Å²) >= 11 is 0. The maximum Gasteiger partial charge on any atom is 0.249 e. The van der Waals surface area contributed by atoms with Crippen LogP contribution in [0.4, 0.5) is 0 Å². The quantitative estimate of drug-likeness (QED) is 0.857. The summed E-state index contributed by atoms with van der Waals surface area (Å²) in [6.07, 6.45) is 7.73. The first-order chi connectivity index (χ1) is 11.7. The smallest absolute Gasteiger partial charge is 0.249 e. The van der Waals surface area contributed by atoms with E-state index in [1.54, 1.807) is 6.92 Å². The number of nitrogens with zero attached hydrogens (tertiary/aromatic N) is 2. The summed E-state index contributed by atoms with van der Waals surface area (Å²) in [5.74, 6) is 1.19. The molecule has 24 heavy (non-hydrogen) atoms. The van der Waals surface area contributed by atoms with Gasteiger partial charge in [-0.15, -0.1) is 0 Å². The Balaban J connectivity index is 1.57. The van der Waals surface area contributed by atoms with Gasteiger partial charge in [0, 0.05) is 13.2 Å². The van der Waals surface area contributed by atoms with Crippen molar-refractivity contribution >= 4 is 5.91 Å². The fraction of sp³-hybridized carbons (Fsp3) is 0.824. The Kier molecular flexibility index (Phi) is 6.20. The largest absolute Gasteiger partial charge is 0.381 e. The molecule has 7 nitrogen and oxygen atoms in total. The van der Waals surface area contributed by atoms with Crippen LogP contribution < -0.4 is 5.32 Å². The number of aromatic nitrogens is 2. The van der Waals surface area contributed by atoms with E-state index in [4.69, 9.17) is 14.0 Å². The Morgan fingerprint density at radius 1 is 1.25 bits per heavy atom. The topological polar surface area (TPSA) is 86.5 Å². The van der Waals surface area contributed by atoms with Gasteiger partial charge in [0.1, 0.15) is 12.6 Å². The van der Waals surface area contributed by atoms with Crippen molar-refractivity contribution in [2.24, 2.45) is 5.92 Å². The first-order valence-electron chi connectivity index (χ1n) is 9.01. The molecule has 1 amide bonds. The van der Waals surface area contributed by atoms with Crippen LogP contribution in [0.1, 0.15) is 62.7 Å². The first kappa shape index (κ1) is 17.4. The molecule has 2 aliphatic rings. The Bertz CT molecular complexity index is 522. The van der Waals surface area contributed by atoms with Crippen LogP contribution in [0.3, 0.4) is 0 Å². The number of carbonyl (C=O) groups excluding carboxylic acids is 1. The molecule has 1 unspecified atom stereocenters. The van der Waals surface area contributed by atoms with Gasteiger partial charge in [0.15, 0.2) is 5.82 Å². The lowest BCUT2D eigenvalue weighted by molar-refractivity contribution is -0.130. The molecule has 0 radical (unpaired) electrons. The Morgan fingerprint density at radius 3 is 2.67 bits per heavy atom. The molecule has 3 rings (SSSR count). The number of rotatable bonds is 6. The maximum absolute atomic E-state index is 12.4. The van der Waals surface area contributed by atoms with Gasteiger partial charge < -0.3 is 19.3 Å². The van der Waals surface area contributed by atoms with Gasteiger partial charge in [0.05, 0.1) is 6.10 Å². The number of ether oxygens (including phenoxy) is 2. The highest BCUT2D eigenvalue weighted by Gasteiger charge is 2.31. The fourth-order valence-electron chi connectivity index (χ4n) is 3.51. The lowest BCUT2D eigenvalue weighted by Crippen LogP contribution is -2.38. The number of carbonyl (C=O) groups is 1. The third-order valence-corrected chi connectivity index (χ3v) is 4.87. The van der Waals surface area contributed by atoms with Crippen molar-refractivity contribution in [2.75, 3.05) is 19.8 Å². The molecular weight excluding hydrogens is 310 g/mol. The Morgan fingerprint density at radius 2 is 2.00 bits per heavy atom. The second kappa shape index (κ2) is 8.58. The van der Waals surface area contributed by atoms with Crippen LogP contribution in [-0.2, 0) is 14.3 Å². The van der Waals surface area contributed by atoms with Crippen LogP contribution in [0.5, 0.6) is 0 Å². The third kappa shape index (κ3) is 4.77. The molecule has 0 aromatic carbocycles. The van der Waals surface area contributed by atoms with Gasteiger partial charge >= 0.3 is 0 Å². The summed E-state index contributed by atoms with van der Waals surface area (Å²) in [6.45, 7) is 3.27. The van der Waals surface area contributed by atoms with Crippen molar-refractivity contribution in [3.63, 3.8) is 0 Å². The second-order valence-electron chi connectivity index (χ2n) is 6.75. The van der Waals surface area contributed by atoms with E-state index in [0.717, 1.165) is 25.7 Å². The molecule has 134 valence electrons. The predicted octanol–water partition coefficient (Wildman–Crippen LogP) is 2.31. The highest BCUT2D eigenvalue weighted by Crippen LogP contribution is 2.29. The van der Waals surface area contributed by atoms with E-state index in [1.165, 1.54) is 19.3 Å². The zero-order chi connectivity index (χ0) is 16.8. The van der Waals surface area contributed by atoms with Crippen molar-refractivity contribution in [1.29, 1.82) is 0 Å². The standard InChI is InChI=1S/C17H27N3O4/c1-12-18-17(24-20-12)16(13-7-9-22-10-8-13)19-15(21)11-23-14-5-3-2-4-6-14/h13-14,16H,2-11H2,1H3,(H,19,21). The fourth-order valence-corrected chi connectivity index (χ4v) is 3.51. The molecule has 7 heteroatoms. The molecule has 2 fully saturated rings. The number of amides is 1. The van der Waals surface area contributed by atoms with E-state index in [0.29, 0.717) is 24.9 Å². The monoisotopic (exact) mass is 337 g/mol. The minimum atomic E-state index is -0.266. The van der Waals surface area contributed by atoms with Crippen LogP contribution in [0.25, 0.3) is 0 Å². The van der Waals surface area contributed by atoms with Crippen molar-refractivity contribution in [1.82, 2.24) is 15.5 Å². The molecule has 1 aliphatic heterocycles. The van der Waals surface area contributed by atoms with Crippen LogP contribution in [0.2, 0.25) is 0 Å². The highest BCUT2D eigenvalue weighted by atomic mass is 16.5.